The SMILES string of the molecule is CCCCCCc1ccc(N=Nc2ccc(N=Nc3ccc(OCCC)cc3)cc2)cc1. The Morgan fingerprint density at radius 3 is 1.47 bits per heavy atom. The number of nitrogens with zero attached hydrogens (tertiary/aromatic N) is 4. The summed E-state index contributed by atoms with van der Waals surface area (Å²) in [5, 5.41) is 17.2. The molecule has 0 fully saturated rings. The lowest BCUT2D eigenvalue weighted by atomic mass is 10.1. The van der Waals surface area contributed by atoms with Crippen LogP contribution in [0.2, 0.25) is 0 Å². The number of hydrogen-bond donors (Lipinski definition) is 0. The van der Waals surface area contributed by atoms with Crippen molar-refractivity contribution in [2.24, 2.45) is 20.5 Å². The molecule has 0 aliphatic rings. The Morgan fingerprint density at radius 2 is 1.00 bits per heavy atom. The smallest absolute Gasteiger partial charge is 0.119 e. The highest BCUT2D eigenvalue weighted by Crippen LogP contribution is 2.25. The van der Waals surface area contributed by atoms with Crippen LogP contribution in [0.5, 0.6) is 5.75 Å². The molecule has 3 aromatic rings. The molecule has 32 heavy (non-hydrogen) atoms. The molecule has 0 unspecified atom stereocenters. The van der Waals surface area contributed by atoms with Gasteiger partial charge in [-0.2, -0.15) is 20.5 Å². The van der Waals surface area contributed by atoms with Crippen molar-refractivity contribution in [1.29, 1.82) is 0 Å². The molecule has 0 saturated carbocycles. The number of benzene rings is 3. The van der Waals surface area contributed by atoms with Gasteiger partial charge in [-0.3, -0.25) is 0 Å². The van der Waals surface area contributed by atoms with Gasteiger partial charge in [0.15, 0.2) is 0 Å². The van der Waals surface area contributed by atoms with E-state index in [-0.39, 0.29) is 0 Å². The molecule has 5 nitrogen and oxygen atoms in total. The van der Waals surface area contributed by atoms with Crippen LogP contribution < -0.4 is 4.74 Å². The summed E-state index contributed by atoms with van der Waals surface area (Å²) in [5.41, 5.74) is 4.55. The van der Waals surface area contributed by atoms with Crippen LogP contribution in [-0.4, -0.2) is 6.61 Å². The summed E-state index contributed by atoms with van der Waals surface area (Å²) in [6.07, 6.45) is 7.25. The van der Waals surface area contributed by atoms with Crippen LogP contribution in [0.3, 0.4) is 0 Å². The molecule has 0 atom stereocenters. The first-order valence-corrected chi connectivity index (χ1v) is 11.5. The second-order valence-electron chi connectivity index (χ2n) is 7.74. The largest absolute Gasteiger partial charge is 0.494 e. The average molecular weight is 429 g/mol. The molecule has 0 aliphatic carbocycles. The maximum absolute atomic E-state index is 5.58. The minimum absolute atomic E-state index is 0.717. The fourth-order valence-electron chi connectivity index (χ4n) is 3.13. The van der Waals surface area contributed by atoms with Crippen LogP contribution in [0.4, 0.5) is 22.7 Å². The van der Waals surface area contributed by atoms with E-state index in [1.165, 1.54) is 31.2 Å². The molecule has 3 rings (SSSR count). The lowest BCUT2D eigenvalue weighted by Gasteiger charge is -2.03. The van der Waals surface area contributed by atoms with Crippen molar-refractivity contribution in [2.45, 2.75) is 52.4 Å². The van der Waals surface area contributed by atoms with Crippen molar-refractivity contribution in [3.05, 3.63) is 78.4 Å². The fourth-order valence-corrected chi connectivity index (χ4v) is 3.13. The zero-order chi connectivity index (χ0) is 22.4. The van der Waals surface area contributed by atoms with E-state index in [0.717, 1.165) is 47.9 Å². The van der Waals surface area contributed by atoms with Gasteiger partial charge < -0.3 is 4.74 Å². The fraction of sp³-hybridized carbons (Fsp3) is 0.333. The molecule has 0 heterocycles. The Bertz CT molecular complexity index is 978. The van der Waals surface area contributed by atoms with Gasteiger partial charge in [0, 0.05) is 0 Å². The van der Waals surface area contributed by atoms with Crippen LogP contribution in [0.25, 0.3) is 0 Å². The van der Waals surface area contributed by atoms with E-state index in [4.69, 9.17) is 4.74 Å². The van der Waals surface area contributed by atoms with E-state index in [1.807, 2.05) is 60.7 Å². The van der Waals surface area contributed by atoms with E-state index in [0.29, 0.717) is 0 Å². The summed E-state index contributed by atoms with van der Waals surface area (Å²) < 4.78 is 5.58. The minimum atomic E-state index is 0.717. The number of rotatable bonds is 12. The lowest BCUT2D eigenvalue weighted by molar-refractivity contribution is 0.317. The maximum atomic E-state index is 5.58. The Labute approximate surface area is 191 Å². The molecular formula is C27H32N4O. The second kappa shape index (κ2) is 13.2. The highest BCUT2D eigenvalue weighted by atomic mass is 16.5. The number of aryl methyl sites for hydroxylation is 1. The molecule has 0 spiro atoms. The number of unbranched alkanes of at least 4 members (excludes halogenated alkanes) is 3. The Balaban J connectivity index is 1.50. The molecule has 0 N–H and O–H groups in total. The number of hydrogen-bond acceptors (Lipinski definition) is 5. The predicted molar refractivity (Wildman–Crippen MR) is 131 cm³/mol. The third-order valence-electron chi connectivity index (χ3n) is 4.98. The maximum Gasteiger partial charge on any atom is 0.119 e. The monoisotopic (exact) mass is 428 g/mol. The molecule has 0 aromatic heterocycles. The van der Waals surface area contributed by atoms with E-state index >= 15 is 0 Å². The van der Waals surface area contributed by atoms with Gasteiger partial charge in [-0.1, -0.05) is 45.2 Å². The molecule has 5 heteroatoms. The summed E-state index contributed by atoms with van der Waals surface area (Å²) in [7, 11) is 0. The third kappa shape index (κ3) is 8.06. The molecule has 0 saturated heterocycles. The molecule has 0 amide bonds. The first-order chi connectivity index (χ1) is 15.8. The van der Waals surface area contributed by atoms with Crippen LogP contribution >= 0.6 is 0 Å². The van der Waals surface area contributed by atoms with Gasteiger partial charge in [-0.15, -0.1) is 0 Å². The summed E-state index contributed by atoms with van der Waals surface area (Å²) in [6.45, 7) is 5.04. The Morgan fingerprint density at radius 1 is 0.531 bits per heavy atom. The minimum Gasteiger partial charge on any atom is -0.494 e. The summed E-state index contributed by atoms with van der Waals surface area (Å²) in [6, 6.07) is 23.5. The lowest BCUT2D eigenvalue weighted by Crippen LogP contribution is -1.93. The number of azo groups is 2. The molecule has 0 bridgehead atoms. The zero-order valence-corrected chi connectivity index (χ0v) is 19.1. The molecular weight excluding hydrogens is 396 g/mol. The molecule has 3 aromatic carbocycles. The summed E-state index contributed by atoms with van der Waals surface area (Å²) >= 11 is 0. The van der Waals surface area contributed by atoms with Crippen LogP contribution in [0.15, 0.2) is 93.3 Å². The van der Waals surface area contributed by atoms with E-state index in [9.17, 15) is 0 Å². The molecule has 166 valence electrons. The van der Waals surface area contributed by atoms with Crippen LogP contribution in [-0.2, 0) is 6.42 Å². The molecule has 0 aliphatic heterocycles. The van der Waals surface area contributed by atoms with Crippen molar-refractivity contribution >= 4 is 22.7 Å². The standard InChI is InChI=1S/C27H32N4O/c1-3-5-6-7-8-22-9-11-23(12-10-22)28-29-24-13-15-25(16-14-24)30-31-26-17-19-27(20-18-26)32-21-4-2/h9-20H,3-8,21H2,1-2H3. The van der Waals surface area contributed by atoms with Gasteiger partial charge in [-0.05, 0) is 85.5 Å². The zero-order valence-electron chi connectivity index (χ0n) is 19.1. The van der Waals surface area contributed by atoms with Crippen LogP contribution in [0, 0.1) is 0 Å². The van der Waals surface area contributed by atoms with E-state index in [2.05, 4.69) is 46.4 Å². The second-order valence-corrected chi connectivity index (χ2v) is 7.74. The van der Waals surface area contributed by atoms with Crippen molar-refractivity contribution in [3.63, 3.8) is 0 Å². The van der Waals surface area contributed by atoms with E-state index < -0.39 is 0 Å². The normalized spacial score (nSPS) is 11.4. The summed E-state index contributed by atoms with van der Waals surface area (Å²) in [5.74, 6) is 0.849. The third-order valence-corrected chi connectivity index (χ3v) is 4.98. The highest BCUT2D eigenvalue weighted by molar-refractivity contribution is 5.48. The van der Waals surface area contributed by atoms with E-state index in [1.54, 1.807) is 0 Å². The average Bonchev–Trinajstić information content (AvgIpc) is 2.85. The quantitative estimate of drug-likeness (QED) is 0.209. The van der Waals surface area contributed by atoms with Crippen LogP contribution in [0.1, 0.15) is 51.5 Å². The van der Waals surface area contributed by atoms with Gasteiger partial charge in [-0.25, -0.2) is 0 Å². The summed E-state index contributed by atoms with van der Waals surface area (Å²) in [4.78, 5) is 0. The van der Waals surface area contributed by atoms with Crippen molar-refractivity contribution < 1.29 is 4.74 Å². The van der Waals surface area contributed by atoms with Crippen molar-refractivity contribution in [2.75, 3.05) is 6.61 Å². The Hall–Kier alpha value is -3.34. The number of ether oxygens (including phenoxy) is 1. The van der Waals surface area contributed by atoms with Gasteiger partial charge in [0.25, 0.3) is 0 Å². The highest BCUT2D eigenvalue weighted by Gasteiger charge is 1.97. The van der Waals surface area contributed by atoms with Gasteiger partial charge in [0.05, 0.1) is 29.4 Å². The topological polar surface area (TPSA) is 58.7 Å². The van der Waals surface area contributed by atoms with Crippen molar-refractivity contribution in [1.82, 2.24) is 0 Å². The van der Waals surface area contributed by atoms with Gasteiger partial charge in [0.1, 0.15) is 5.75 Å². The first-order valence-electron chi connectivity index (χ1n) is 11.5. The van der Waals surface area contributed by atoms with Gasteiger partial charge in [0.2, 0.25) is 0 Å². The predicted octanol–water partition coefficient (Wildman–Crippen LogP) is 9.43. The molecule has 0 radical (unpaired) electrons. The van der Waals surface area contributed by atoms with Crippen molar-refractivity contribution in [3.8, 4) is 5.75 Å². The Kier molecular flexibility index (Phi) is 9.59. The van der Waals surface area contributed by atoms with Gasteiger partial charge >= 0.3 is 0 Å². The first kappa shape index (κ1) is 23.3.